The van der Waals surface area contributed by atoms with E-state index in [1.54, 1.807) is 12.2 Å². The molecule has 0 aliphatic carbocycles. The zero-order valence-electron chi connectivity index (χ0n) is 5.65. The molecule has 0 aliphatic heterocycles. The summed E-state index contributed by atoms with van der Waals surface area (Å²) in [5, 5.41) is 6.74. The van der Waals surface area contributed by atoms with Crippen LogP contribution in [-0.2, 0) is 0 Å². The van der Waals surface area contributed by atoms with Gasteiger partial charge >= 0.3 is 0 Å². The summed E-state index contributed by atoms with van der Waals surface area (Å²) in [5.74, 6) is 0. The molecule has 0 radical (unpaired) electrons. The molecule has 0 bridgehead atoms. The Bertz CT molecular complexity index is 163. The highest BCUT2D eigenvalue weighted by Crippen LogP contribution is 2.05. The van der Waals surface area contributed by atoms with Gasteiger partial charge in [-0.15, -0.1) is 0 Å². The number of allylic oxidation sites excluding steroid dienone is 4. The number of hydrogen-bond acceptors (Lipinski definition) is 1. The van der Waals surface area contributed by atoms with E-state index in [9.17, 15) is 0 Å². The normalized spacial score (nSPS) is 10.6. The predicted molar refractivity (Wildman–Crippen MR) is 41.9 cm³/mol. The smallest absolute Gasteiger partial charge is 0.0183 e. The minimum atomic E-state index is 0.921. The monoisotopic (exact) mass is 121 g/mol. The molecular formula is C8H11N. The molecule has 0 heterocycles. The highest BCUT2D eigenvalue weighted by Gasteiger charge is 1.86. The fraction of sp³-hybridized carbons (Fsp3) is 0.125. The molecule has 0 amide bonds. The molecule has 1 nitrogen and oxygen atoms in total. The summed E-state index contributed by atoms with van der Waals surface area (Å²) in [6.45, 7) is 9.16. The van der Waals surface area contributed by atoms with E-state index in [-0.39, 0.29) is 0 Å². The van der Waals surface area contributed by atoms with Crippen molar-refractivity contribution in [2.24, 2.45) is 0 Å². The lowest BCUT2D eigenvalue weighted by molar-refractivity contribution is 1.46. The second-order valence-corrected chi connectivity index (χ2v) is 1.77. The van der Waals surface area contributed by atoms with Gasteiger partial charge in [-0.25, -0.2) is 0 Å². The summed E-state index contributed by atoms with van der Waals surface area (Å²) in [6, 6.07) is 0. The van der Waals surface area contributed by atoms with Gasteiger partial charge in [-0.05, 0) is 18.6 Å². The van der Waals surface area contributed by atoms with Gasteiger partial charge in [0.05, 0.1) is 0 Å². The molecule has 0 fully saturated rings. The average molecular weight is 121 g/mol. The van der Waals surface area contributed by atoms with E-state index in [0.717, 1.165) is 11.1 Å². The first-order valence-corrected chi connectivity index (χ1v) is 2.71. The van der Waals surface area contributed by atoms with Gasteiger partial charge in [-0.1, -0.05) is 24.8 Å². The Balaban J connectivity index is 4.32. The van der Waals surface area contributed by atoms with E-state index in [4.69, 9.17) is 5.41 Å². The quantitative estimate of drug-likeness (QED) is 0.437. The molecule has 0 saturated heterocycles. The third-order valence-corrected chi connectivity index (χ3v) is 0.976. The Labute approximate surface area is 55.9 Å². The average Bonchev–Trinajstić information content (AvgIpc) is 1.82. The van der Waals surface area contributed by atoms with Gasteiger partial charge in [0.1, 0.15) is 0 Å². The van der Waals surface area contributed by atoms with Gasteiger partial charge in [0.25, 0.3) is 0 Å². The van der Waals surface area contributed by atoms with Crippen LogP contribution in [0.5, 0.6) is 0 Å². The van der Waals surface area contributed by atoms with Crippen LogP contribution in [0.2, 0.25) is 0 Å². The molecule has 0 aliphatic rings. The van der Waals surface area contributed by atoms with Crippen LogP contribution in [0.1, 0.15) is 6.92 Å². The van der Waals surface area contributed by atoms with Gasteiger partial charge in [0.2, 0.25) is 0 Å². The van der Waals surface area contributed by atoms with Crippen LogP contribution in [0, 0.1) is 5.41 Å². The van der Waals surface area contributed by atoms with Crippen molar-refractivity contribution in [2.75, 3.05) is 0 Å². The maximum Gasteiger partial charge on any atom is 0.0183 e. The number of hydrogen-bond donors (Lipinski definition) is 1. The molecule has 0 unspecified atom stereocenters. The van der Waals surface area contributed by atoms with Gasteiger partial charge in [0, 0.05) is 6.21 Å². The van der Waals surface area contributed by atoms with Crippen LogP contribution < -0.4 is 0 Å². The number of rotatable bonds is 3. The lowest BCUT2D eigenvalue weighted by Gasteiger charge is -1.94. The Hall–Kier alpha value is -1.11. The molecule has 48 valence electrons. The van der Waals surface area contributed by atoms with E-state index in [1.807, 2.05) is 6.92 Å². The van der Waals surface area contributed by atoms with Crippen LogP contribution in [0.15, 0.2) is 36.5 Å². The predicted octanol–water partition coefficient (Wildman–Crippen LogP) is 2.32. The molecule has 0 saturated carbocycles. The van der Waals surface area contributed by atoms with Gasteiger partial charge in [-0.2, -0.15) is 0 Å². The van der Waals surface area contributed by atoms with Crippen molar-refractivity contribution in [3.05, 3.63) is 36.5 Å². The highest BCUT2D eigenvalue weighted by molar-refractivity contribution is 5.71. The third-order valence-electron chi connectivity index (χ3n) is 0.976. The Kier molecular flexibility index (Phi) is 3.37. The van der Waals surface area contributed by atoms with E-state index in [2.05, 4.69) is 13.2 Å². The van der Waals surface area contributed by atoms with Crippen molar-refractivity contribution in [3.8, 4) is 0 Å². The van der Waals surface area contributed by atoms with Gasteiger partial charge < -0.3 is 5.41 Å². The molecule has 0 aromatic carbocycles. The molecule has 0 rings (SSSR count). The van der Waals surface area contributed by atoms with Crippen molar-refractivity contribution in [1.29, 1.82) is 5.41 Å². The lowest BCUT2D eigenvalue weighted by atomic mass is 10.1. The third kappa shape index (κ3) is 2.65. The maximum absolute atomic E-state index is 6.74. The summed E-state index contributed by atoms with van der Waals surface area (Å²) >= 11 is 0. The van der Waals surface area contributed by atoms with Crippen LogP contribution in [-0.4, -0.2) is 6.21 Å². The highest BCUT2D eigenvalue weighted by atomic mass is 14.3. The summed E-state index contributed by atoms with van der Waals surface area (Å²) in [6.07, 6.45) is 4.58. The van der Waals surface area contributed by atoms with E-state index in [1.165, 1.54) is 6.21 Å². The first-order valence-electron chi connectivity index (χ1n) is 2.71. The zero-order valence-corrected chi connectivity index (χ0v) is 5.65. The Morgan fingerprint density at radius 3 is 2.22 bits per heavy atom. The minimum Gasteiger partial charge on any atom is -0.309 e. The second-order valence-electron chi connectivity index (χ2n) is 1.77. The molecule has 0 aromatic heterocycles. The summed E-state index contributed by atoms with van der Waals surface area (Å²) in [5.41, 5.74) is 1.86. The molecule has 0 spiro atoms. The van der Waals surface area contributed by atoms with Gasteiger partial charge in [-0.3, -0.25) is 0 Å². The largest absolute Gasteiger partial charge is 0.309 e. The topological polar surface area (TPSA) is 23.9 Å². The SMILES string of the molecule is C=C/C(=C/C=N)C(=C)C. The molecular weight excluding hydrogens is 110 g/mol. The minimum absolute atomic E-state index is 0.921. The number of nitrogens with one attached hydrogen (secondary N) is 1. The van der Waals surface area contributed by atoms with Crippen molar-refractivity contribution in [3.63, 3.8) is 0 Å². The second kappa shape index (κ2) is 3.84. The van der Waals surface area contributed by atoms with Crippen LogP contribution in [0.4, 0.5) is 0 Å². The van der Waals surface area contributed by atoms with Crippen molar-refractivity contribution in [1.82, 2.24) is 0 Å². The molecule has 1 heteroatoms. The van der Waals surface area contributed by atoms with Gasteiger partial charge in [0.15, 0.2) is 0 Å². The first-order chi connectivity index (χ1) is 4.22. The van der Waals surface area contributed by atoms with Crippen molar-refractivity contribution in [2.45, 2.75) is 6.92 Å². The molecule has 9 heavy (non-hydrogen) atoms. The van der Waals surface area contributed by atoms with Crippen LogP contribution in [0.3, 0.4) is 0 Å². The molecule has 0 atom stereocenters. The Morgan fingerprint density at radius 1 is 1.56 bits per heavy atom. The van der Waals surface area contributed by atoms with E-state index < -0.39 is 0 Å². The fourth-order valence-electron chi connectivity index (χ4n) is 0.474. The van der Waals surface area contributed by atoms with Crippen molar-refractivity contribution < 1.29 is 0 Å². The standard InChI is InChI=1S/C8H11N/c1-4-8(5-6-9)7(2)3/h4-6,9H,1-2H2,3H3/b8-5-,9-6?. The summed E-state index contributed by atoms with van der Waals surface area (Å²) < 4.78 is 0. The molecule has 1 N–H and O–H groups in total. The van der Waals surface area contributed by atoms with E-state index in [0.29, 0.717) is 0 Å². The lowest BCUT2D eigenvalue weighted by Crippen LogP contribution is -1.77. The zero-order chi connectivity index (χ0) is 7.28. The summed E-state index contributed by atoms with van der Waals surface area (Å²) in [7, 11) is 0. The van der Waals surface area contributed by atoms with Crippen LogP contribution in [0.25, 0.3) is 0 Å². The van der Waals surface area contributed by atoms with E-state index >= 15 is 0 Å². The maximum atomic E-state index is 6.74. The first kappa shape index (κ1) is 7.89. The van der Waals surface area contributed by atoms with Crippen LogP contribution >= 0.6 is 0 Å². The fourth-order valence-corrected chi connectivity index (χ4v) is 0.474. The summed E-state index contributed by atoms with van der Waals surface area (Å²) in [4.78, 5) is 0. The molecule has 0 aromatic rings. The Morgan fingerprint density at radius 2 is 2.11 bits per heavy atom. The van der Waals surface area contributed by atoms with Crippen molar-refractivity contribution >= 4 is 6.21 Å².